The van der Waals surface area contributed by atoms with Crippen molar-refractivity contribution in [1.82, 2.24) is 0 Å². The van der Waals surface area contributed by atoms with Crippen LogP contribution >= 0.6 is 0 Å². The Labute approximate surface area is 164 Å². The van der Waals surface area contributed by atoms with E-state index in [0.29, 0.717) is 24.5 Å². The minimum Gasteiger partial charge on any atom is -0.319 e. The van der Waals surface area contributed by atoms with Gasteiger partial charge in [0.1, 0.15) is 22.2 Å². The Morgan fingerprint density at radius 1 is 1.14 bits per heavy atom. The van der Waals surface area contributed by atoms with Crippen LogP contribution in [0.4, 0.5) is 25.8 Å². The van der Waals surface area contributed by atoms with Crippen LogP contribution in [0.5, 0.6) is 0 Å². The Kier molecular flexibility index (Phi) is 4.30. The van der Waals surface area contributed by atoms with E-state index in [-0.39, 0.29) is 17.3 Å². The number of hydrogen-bond donors (Lipinski definition) is 2. The van der Waals surface area contributed by atoms with Crippen LogP contribution in [0, 0.1) is 21.7 Å². The molecule has 11 heteroatoms. The van der Waals surface area contributed by atoms with Gasteiger partial charge in [0.2, 0.25) is 5.91 Å². The topological polar surface area (TPSA) is 118 Å². The molecule has 8 nitrogen and oxygen atoms in total. The second-order valence-electron chi connectivity index (χ2n) is 7.10. The highest BCUT2D eigenvalue weighted by Crippen LogP contribution is 2.52. The van der Waals surface area contributed by atoms with E-state index in [4.69, 9.17) is 0 Å². The number of halogens is 2. The Morgan fingerprint density at radius 2 is 1.83 bits per heavy atom. The number of carbonyl (C=O) groups excluding carboxylic acids is 1. The van der Waals surface area contributed by atoms with Crippen molar-refractivity contribution < 1.29 is 26.9 Å². The first kappa shape index (κ1) is 19.2. The number of amides is 1. The summed E-state index contributed by atoms with van der Waals surface area (Å²) in [7, 11) is -4.49. The maximum Gasteiger partial charge on any atom is 0.295 e. The first-order valence-electron chi connectivity index (χ1n) is 8.76. The quantitative estimate of drug-likeness (QED) is 0.577. The number of nitro groups is 1. The van der Waals surface area contributed by atoms with Crippen LogP contribution in [0.25, 0.3) is 0 Å². The molecule has 1 aliphatic heterocycles. The van der Waals surface area contributed by atoms with Gasteiger partial charge in [0, 0.05) is 17.7 Å². The van der Waals surface area contributed by atoms with Crippen molar-refractivity contribution in [2.75, 3.05) is 10.0 Å². The molecule has 2 aromatic carbocycles. The summed E-state index contributed by atoms with van der Waals surface area (Å²) in [6.07, 6.45) is 2.51. The highest BCUT2D eigenvalue weighted by molar-refractivity contribution is 7.92. The predicted octanol–water partition coefficient (Wildman–Crippen LogP) is 3.44. The Bertz CT molecular complexity index is 1160. The molecule has 2 aromatic rings. The SMILES string of the molecule is O=C1Nc2c([N+](=O)[O-])cc(NS(=O)(=O)c3ccc(F)cc3F)cc2C12CCCC2. The average Bonchev–Trinajstić information content (AvgIpc) is 3.21. The molecule has 0 aromatic heterocycles. The van der Waals surface area contributed by atoms with Gasteiger partial charge in [0.15, 0.2) is 0 Å². The van der Waals surface area contributed by atoms with Gasteiger partial charge in [0.05, 0.1) is 16.0 Å². The zero-order valence-electron chi connectivity index (χ0n) is 14.9. The second-order valence-corrected chi connectivity index (χ2v) is 8.75. The van der Waals surface area contributed by atoms with E-state index >= 15 is 0 Å². The number of sulfonamides is 1. The van der Waals surface area contributed by atoms with Gasteiger partial charge in [-0.2, -0.15) is 0 Å². The molecule has 29 heavy (non-hydrogen) atoms. The zero-order valence-corrected chi connectivity index (χ0v) is 15.7. The Balaban J connectivity index is 1.82. The standard InChI is InChI=1S/C18H15F2N3O5S/c19-10-3-4-15(13(20)7-10)29(27,28)22-11-8-12-16(14(9-11)23(25)26)21-17(24)18(12)5-1-2-6-18/h3-4,7-9,22H,1-2,5-6H2,(H,21,24). The largest absolute Gasteiger partial charge is 0.319 e. The van der Waals surface area contributed by atoms with Gasteiger partial charge in [-0.25, -0.2) is 17.2 Å². The summed E-state index contributed by atoms with van der Waals surface area (Å²) in [5.74, 6) is -2.59. The molecule has 0 unspecified atom stereocenters. The Morgan fingerprint density at radius 3 is 2.45 bits per heavy atom. The summed E-state index contributed by atoms with van der Waals surface area (Å²) < 4.78 is 54.3. The van der Waals surface area contributed by atoms with Crippen molar-refractivity contribution in [2.45, 2.75) is 36.0 Å². The van der Waals surface area contributed by atoms with Crippen molar-refractivity contribution >= 4 is 33.0 Å². The molecule has 1 heterocycles. The zero-order chi connectivity index (χ0) is 21.0. The number of nitro benzene ring substituents is 1. The lowest BCUT2D eigenvalue weighted by Gasteiger charge is -2.21. The van der Waals surface area contributed by atoms with Gasteiger partial charge in [0.25, 0.3) is 15.7 Å². The Hall–Kier alpha value is -3.08. The minimum atomic E-state index is -4.49. The molecule has 0 bridgehead atoms. The van der Waals surface area contributed by atoms with Crippen LogP contribution in [-0.2, 0) is 20.2 Å². The summed E-state index contributed by atoms with van der Waals surface area (Å²) in [5.41, 5.74) is -1.17. The number of hydrogen-bond acceptors (Lipinski definition) is 5. The van der Waals surface area contributed by atoms with Gasteiger partial charge < -0.3 is 5.32 Å². The van der Waals surface area contributed by atoms with Crippen molar-refractivity contribution in [1.29, 1.82) is 0 Å². The molecular weight excluding hydrogens is 408 g/mol. The van der Waals surface area contributed by atoms with Gasteiger partial charge in [-0.05, 0) is 31.0 Å². The molecule has 0 radical (unpaired) electrons. The highest BCUT2D eigenvalue weighted by Gasteiger charge is 2.51. The number of nitrogens with zero attached hydrogens (tertiary/aromatic N) is 1. The van der Waals surface area contributed by atoms with Crippen molar-refractivity contribution in [3.05, 3.63) is 57.6 Å². The van der Waals surface area contributed by atoms with Crippen LogP contribution in [0.15, 0.2) is 35.2 Å². The van der Waals surface area contributed by atoms with E-state index in [1.54, 1.807) is 0 Å². The molecule has 1 saturated carbocycles. The van der Waals surface area contributed by atoms with E-state index in [9.17, 15) is 32.1 Å². The number of anilines is 2. The summed E-state index contributed by atoms with van der Waals surface area (Å²) in [4.78, 5) is 22.6. The summed E-state index contributed by atoms with van der Waals surface area (Å²) in [6, 6.07) is 4.31. The van der Waals surface area contributed by atoms with Gasteiger partial charge >= 0.3 is 0 Å². The highest BCUT2D eigenvalue weighted by atomic mass is 32.2. The lowest BCUT2D eigenvalue weighted by molar-refractivity contribution is -0.383. The maximum absolute atomic E-state index is 13.9. The van der Waals surface area contributed by atoms with E-state index in [0.717, 1.165) is 31.0 Å². The smallest absolute Gasteiger partial charge is 0.295 e. The number of benzene rings is 2. The average molecular weight is 423 g/mol. The molecule has 0 atom stereocenters. The molecule has 152 valence electrons. The number of carbonyl (C=O) groups is 1. The third-order valence-electron chi connectivity index (χ3n) is 5.40. The third-order valence-corrected chi connectivity index (χ3v) is 6.81. The van der Waals surface area contributed by atoms with Gasteiger partial charge in [-0.15, -0.1) is 0 Å². The van der Waals surface area contributed by atoms with Crippen molar-refractivity contribution in [3.8, 4) is 0 Å². The van der Waals surface area contributed by atoms with Gasteiger partial charge in [-0.3, -0.25) is 19.6 Å². The van der Waals surface area contributed by atoms with E-state index in [2.05, 4.69) is 10.0 Å². The predicted molar refractivity (Wildman–Crippen MR) is 99.0 cm³/mol. The van der Waals surface area contributed by atoms with Gasteiger partial charge in [-0.1, -0.05) is 12.8 Å². The first-order valence-corrected chi connectivity index (χ1v) is 10.2. The summed E-state index contributed by atoms with van der Waals surface area (Å²) >= 11 is 0. The molecule has 4 rings (SSSR count). The molecule has 1 fully saturated rings. The van der Waals surface area contributed by atoms with Crippen LogP contribution in [0.3, 0.4) is 0 Å². The molecule has 2 aliphatic rings. The normalized spacial score (nSPS) is 17.2. The monoisotopic (exact) mass is 423 g/mol. The summed E-state index contributed by atoms with van der Waals surface area (Å²) in [5, 5.41) is 14.1. The number of nitrogens with one attached hydrogen (secondary N) is 2. The van der Waals surface area contributed by atoms with Crippen LogP contribution in [0.2, 0.25) is 0 Å². The molecule has 2 N–H and O–H groups in total. The maximum atomic E-state index is 13.9. The molecule has 0 saturated heterocycles. The number of fused-ring (bicyclic) bond motifs is 2. The molecule has 1 spiro atoms. The van der Waals surface area contributed by atoms with Crippen LogP contribution in [-0.4, -0.2) is 19.2 Å². The van der Waals surface area contributed by atoms with E-state index in [1.165, 1.54) is 6.07 Å². The lowest BCUT2D eigenvalue weighted by atomic mass is 9.80. The first-order chi connectivity index (χ1) is 13.6. The fraction of sp³-hybridized carbons (Fsp3) is 0.278. The molecule has 1 aliphatic carbocycles. The molecule has 1 amide bonds. The van der Waals surface area contributed by atoms with Crippen molar-refractivity contribution in [3.63, 3.8) is 0 Å². The van der Waals surface area contributed by atoms with E-state index in [1.807, 2.05) is 0 Å². The van der Waals surface area contributed by atoms with Crippen LogP contribution < -0.4 is 10.0 Å². The fourth-order valence-corrected chi connectivity index (χ4v) is 5.17. The molecular formula is C18H15F2N3O5S. The van der Waals surface area contributed by atoms with E-state index < -0.39 is 42.6 Å². The minimum absolute atomic E-state index is 0.0535. The summed E-state index contributed by atoms with van der Waals surface area (Å²) in [6.45, 7) is 0. The number of rotatable bonds is 4. The third kappa shape index (κ3) is 3.01. The lowest BCUT2D eigenvalue weighted by Crippen LogP contribution is -2.31. The second kappa shape index (κ2) is 6.48. The fourth-order valence-electron chi connectivity index (χ4n) is 4.07. The van der Waals surface area contributed by atoms with Crippen LogP contribution in [0.1, 0.15) is 31.2 Å². The van der Waals surface area contributed by atoms with Crippen molar-refractivity contribution in [2.24, 2.45) is 0 Å².